The molecule has 0 atom stereocenters. The predicted octanol–water partition coefficient (Wildman–Crippen LogP) is 0.178. The first-order chi connectivity index (χ1) is 5.36. The fourth-order valence-electron chi connectivity index (χ4n) is 1.01. The normalized spacial score (nSPS) is 10.4. The van der Waals surface area contributed by atoms with E-state index in [-0.39, 0.29) is 6.61 Å². The topological polar surface area (TPSA) is 29.0 Å². The molecule has 0 saturated heterocycles. The molecule has 0 spiro atoms. The number of aliphatic hydroxyl groups is 1. The van der Waals surface area contributed by atoms with Gasteiger partial charge in [-0.3, -0.25) is 0 Å². The number of aryl methyl sites for hydroxylation is 2. The fraction of sp³-hybridized carbons (Fsp3) is 0.625. The molecule has 1 aromatic heterocycles. The van der Waals surface area contributed by atoms with Crippen LogP contribution in [0.5, 0.6) is 0 Å². The molecule has 1 heterocycles. The Labute approximate surface area is 66.9 Å². The number of aromatic nitrogens is 2. The smallest absolute Gasteiger partial charge is 0.243 e. The minimum atomic E-state index is 0.268. The monoisotopic (exact) mass is 155 g/mol. The largest absolute Gasteiger partial charge is 0.396 e. The Kier molecular flexibility index (Phi) is 3.11. The lowest BCUT2D eigenvalue weighted by molar-refractivity contribution is -0.697. The molecule has 0 unspecified atom stereocenters. The molecule has 0 aromatic carbocycles. The first-order valence-electron chi connectivity index (χ1n) is 4.02. The molecule has 0 fully saturated rings. The van der Waals surface area contributed by atoms with Gasteiger partial charge in [-0.15, -0.1) is 0 Å². The Balaban J connectivity index is 2.44. The maximum atomic E-state index is 8.57. The van der Waals surface area contributed by atoms with Gasteiger partial charge in [0.25, 0.3) is 0 Å². The van der Waals surface area contributed by atoms with E-state index in [1.807, 2.05) is 12.4 Å². The highest BCUT2D eigenvalue weighted by molar-refractivity contribution is 4.64. The van der Waals surface area contributed by atoms with Crippen molar-refractivity contribution in [2.75, 3.05) is 6.61 Å². The van der Waals surface area contributed by atoms with E-state index >= 15 is 0 Å². The summed E-state index contributed by atoms with van der Waals surface area (Å²) < 4.78 is 4.19. The molecule has 11 heavy (non-hydrogen) atoms. The quantitative estimate of drug-likeness (QED) is 0.617. The van der Waals surface area contributed by atoms with Gasteiger partial charge < -0.3 is 5.11 Å². The lowest BCUT2D eigenvalue weighted by Gasteiger charge is -1.91. The van der Waals surface area contributed by atoms with Gasteiger partial charge in [0.05, 0.1) is 13.1 Å². The zero-order valence-corrected chi connectivity index (χ0v) is 6.90. The molecular weight excluding hydrogens is 140 g/mol. The Hall–Kier alpha value is -0.830. The third kappa shape index (κ3) is 2.35. The van der Waals surface area contributed by atoms with Crippen molar-refractivity contribution in [3.63, 3.8) is 0 Å². The molecule has 0 saturated carbocycles. The highest BCUT2D eigenvalue weighted by atomic mass is 16.3. The molecule has 0 amide bonds. The second-order valence-electron chi connectivity index (χ2n) is 2.56. The maximum Gasteiger partial charge on any atom is 0.243 e. The van der Waals surface area contributed by atoms with E-state index in [9.17, 15) is 0 Å². The van der Waals surface area contributed by atoms with Gasteiger partial charge >= 0.3 is 0 Å². The van der Waals surface area contributed by atoms with Crippen LogP contribution in [0.1, 0.15) is 13.3 Å². The number of hydrogen-bond donors (Lipinski definition) is 1. The predicted molar refractivity (Wildman–Crippen MR) is 42.0 cm³/mol. The molecule has 0 aliphatic rings. The molecule has 0 radical (unpaired) electrons. The second kappa shape index (κ2) is 4.13. The molecular formula is C8H15N2O+. The van der Waals surface area contributed by atoms with E-state index in [1.54, 1.807) is 0 Å². The molecule has 0 aliphatic carbocycles. The van der Waals surface area contributed by atoms with Crippen LogP contribution in [0, 0.1) is 0 Å². The summed E-state index contributed by atoms with van der Waals surface area (Å²) in [5.41, 5.74) is 0. The maximum absolute atomic E-state index is 8.57. The minimum absolute atomic E-state index is 0.268. The Morgan fingerprint density at radius 3 is 2.91 bits per heavy atom. The summed E-state index contributed by atoms with van der Waals surface area (Å²) in [5.74, 6) is 0. The molecule has 1 aromatic rings. The van der Waals surface area contributed by atoms with Gasteiger partial charge in [-0.05, 0) is 6.92 Å². The molecule has 62 valence electrons. The summed E-state index contributed by atoms with van der Waals surface area (Å²) in [6, 6.07) is 0. The standard InChI is InChI=1S/C8H15N2O/c1-2-9-5-6-10(8-9)4-3-7-11/h5-6,8,11H,2-4,7H2,1H3/q+1. The van der Waals surface area contributed by atoms with Gasteiger partial charge in [-0.2, -0.15) is 0 Å². The highest BCUT2D eigenvalue weighted by Gasteiger charge is 1.99. The van der Waals surface area contributed by atoms with E-state index in [0.717, 1.165) is 19.5 Å². The van der Waals surface area contributed by atoms with Crippen LogP contribution >= 0.6 is 0 Å². The van der Waals surface area contributed by atoms with Crippen molar-refractivity contribution >= 4 is 0 Å². The fourth-order valence-corrected chi connectivity index (χ4v) is 1.01. The Bertz CT molecular complexity index is 208. The summed E-state index contributed by atoms with van der Waals surface area (Å²) in [4.78, 5) is 0. The average molecular weight is 155 g/mol. The van der Waals surface area contributed by atoms with Crippen LogP contribution < -0.4 is 4.57 Å². The van der Waals surface area contributed by atoms with E-state index in [1.165, 1.54) is 0 Å². The van der Waals surface area contributed by atoms with Crippen molar-refractivity contribution in [2.24, 2.45) is 0 Å². The molecule has 1 N–H and O–H groups in total. The molecule has 3 heteroatoms. The molecule has 0 aliphatic heterocycles. The average Bonchev–Trinajstić information content (AvgIpc) is 2.48. The van der Waals surface area contributed by atoms with Gasteiger partial charge in [0, 0.05) is 13.0 Å². The van der Waals surface area contributed by atoms with Gasteiger partial charge in [-0.1, -0.05) is 0 Å². The van der Waals surface area contributed by atoms with E-state index in [2.05, 4.69) is 22.4 Å². The van der Waals surface area contributed by atoms with Gasteiger partial charge in [-0.25, -0.2) is 9.13 Å². The number of imidazole rings is 1. The Morgan fingerprint density at radius 2 is 2.36 bits per heavy atom. The summed E-state index contributed by atoms with van der Waals surface area (Å²) in [6.45, 7) is 4.29. The molecule has 1 rings (SSSR count). The highest BCUT2D eigenvalue weighted by Crippen LogP contribution is 1.84. The van der Waals surface area contributed by atoms with Crippen molar-refractivity contribution in [1.82, 2.24) is 4.57 Å². The number of rotatable bonds is 4. The van der Waals surface area contributed by atoms with Gasteiger partial charge in [0.2, 0.25) is 6.33 Å². The van der Waals surface area contributed by atoms with Crippen molar-refractivity contribution in [3.8, 4) is 0 Å². The van der Waals surface area contributed by atoms with Gasteiger partial charge in [0.15, 0.2) is 0 Å². The van der Waals surface area contributed by atoms with E-state index in [0.29, 0.717) is 0 Å². The first-order valence-corrected chi connectivity index (χ1v) is 4.02. The van der Waals surface area contributed by atoms with Crippen molar-refractivity contribution in [1.29, 1.82) is 0 Å². The van der Waals surface area contributed by atoms with Crippen LogP contribution in [0.15, 0.2) is 18.7 Å². The van der Waals surface area contributed by atoms with Crippen LogP contribution in [0.3, 0.4) is 0 Å². The van der Waals surface area contributed by atoms with Crippen molar-refractivity contribution in [2.45, 2.75) is 26.4 Å². The zero-order valence-electron chi connectivity index (χ0n) is 6.90. The molecule has 3 nitrogen and oxygen atoms in total. The first kappa shape index (κ1) is 8.27. The van der Waals surface area contributed by atoms with Crippen LogP contribution in [0.25, 0.3) is 0 Å². The third-order valence-electron chi connectivity index (χ3n) is 1.69. The van der Waals surface area contributed by atoms with Crippen molar-refractivity contribution < 1.29 is 9.67 Å². The van der Waals surface area contributed by atoms with Crippen LogP contribution in [0.4, 0.5) is 0 Å². The van der Waals surface area contributed by atoms with Crippen molar-refractivity contribution in [3.05, 3.63) is 18.7 Å². The SMILES string of the molecule is CCn1cc[n+](CCCO)c1. The number of aliphatic hydroxyl groups excluding tert-OH is 1. The lowest BCUT2D eigenvalue weighted by atomic mass is 10.4. The summed E-state index contributed by atoms with van der Waals surface area (Å²) in [7, 11) is 0. The number of hydrogen-bond acceptors (Lipinski definition) is 1. The summed E-state index contributed by atoms with van der Waals surface area (Å²) in [5, 5.41) is 8.57. The second-order valence-corrected chi connectivity index (χ2v) is 2.56. The zero-order chi connectivity index (χ0) is 8.10. The van der Waals surface area contributed by atoms with E-state index < -0.39 is 0 Å². The van der Waals surface area contributed by atoms with Crippen LogP contribution in [0.2, 0.25) is 0 Å². The minimum Gasteiger partial charge on any atom is -0.396 e. The van der Waals surface area contributed by atoms with Crippen LogP contribution in [-0.2, 0) is 13.1 Å². The molecule has 0 bridgehead atoms. The van der Waals surface area contributed by atoms with E-state index in [4.69, 9.17) is 5.11 Å². The lowest BCUT2D eigenvalue weighted by Crippen LogP contribution is -2.31. The number of nitrogens with zero attached hydrogens (tertiary/aromatic N) is 2. The summed E-state index contributed by atoms with van der Waals surface area (Å²) >= 11 is 0. The van der Waals surface area contributed by atoms with Gasteiger partial charge in [0.1, 0.15) is 12.4 Å². The summed E-state index contributed by atoms with van der Waals surface area (Å²) in [6.07, 6.45) is 6.95. The van der Waals surface area contributed by atoms with Crippen LogP contribution in [-0.4, -0.2) is 16.3 Å². The Morgan fingerprint density at radius 1 is 1.55 bits per heavy atom. The third-order valence-corrected chi connectivity index (χ3v) is 1.69.